The fourth-order valence-electron chi connectivity index (χ4n) is 1.84. The molecule has 2 aromatic heterocycles. The van der Waals surface area contributed by atoms with E-state index >= 15 is 0 Å². The van der Waals surface area contributed by atoms with Gasteiger partial charge < -0.3 is 9.47 Å². The first kappa shape index (κ1) is 16.1. The van der Waals surface area contributed by atoms with Crippen LogP contribution >= 0.6 is 11.3 Å². The van der Waals surface area contributed by atoms with Crippen LogP contribution in [-0.4, -0.2) is 15.9 Å². The van der Waals surface area contributed by atoms with Crippen LogP contribution in [0.2, 0.25) is 0 Å². The summed E-state index contributed by atoms with van der Waals surface area (Å²) in [7, 11) is 0. The Bertz CT molecular complexity index is 806. The van der Waals surface area contributed by atoms with Crippen molar-refractivity contribution in [1.29, 1.82) is 0 Å². The van der Waals surface area contributed by atoms with Gasteiger partial charge in [-0.05, 0) is 36.4 Å². The summed E-state index contributed by atoms with van der Waals surface area (Å²) in [5.74, 6) is -0.301. The van der Waals surface area contributed by atoms with Crippen molar-refractivity contribution in [2.24, 2.45) is 0 Å². The van der Waals surface area contributed by atoms with Crippen molar-refractivity contribution in [2.45, 2.75) is 13.2 Å². The number of esters is 1. The molecule has 0 aliphatic rings. The molecule has 0 saturated heterocycles. The molecule has 122 valence electrons. The lowest BCUT2D eigenvalue weighted by Crippen LogP contribution is -2.07. The fourth-order valence-corrected chi connectivity index (χ4v) is 2.52. The average molecular weight is 344 g/mol. The van der Waals surface area contributed by atoms with Crippen LogP contribution in [0.1, 0.15) is 21.2 Å². The molecule has 0 aliphatic carbocycles. The molecule has 0 bridgehead atoms. The lowest BCUT2D eigenvalue weighted by atomic mass is 10.3. The van der Waals surface area contributed by atoms with Crippen LogP contribution in [0.4, 0.5) is 4.39 Å². The Morgan fingerprint density at radius 1 is 1.12 bits per heavy atom. The number of benzene rings is 1. The third kappa shape index (κ3) is 4.36. The van der Waals surface area contributed by atoms with Crippen LogP contribution in [0.3, 0.4) is 0 Å². The van der Waals surface area contributed by atoms with Gasteiger partial charge >= 0.3 is 5.97 Å². The van der Waals surface area contributed by atoms with Crippen molar-refractivity contribution in [3.8, 4) is 5.75 Å². The molecule has 5 nitrogen and oxygen atoms in total. The Labute approximate surface area is 141 Å². The van der Waals surface area contributed by atoms with E-state index in [1.807, 2.05) is 6.07 Å². The molecule has 7 heteroatoms. The van der Waals surface area contributed by atoms with E-state index in [2.05, 4.69) is 9.97 Å². The largest absolute Gasteiger partial charge is 0.486 e. The molecule has 0 amide bonds. The first-order valence-corrected chi connectivity index (χ1v) is 7.98. The molecule has 0 atom stereocenters. The van der Waals surface area contributed by atoms with Crippen LogP contribution < -0.4 is 4.74 Å². The second kappa shape index (κ2) is 7.65. The third-order valence-corrected chi connectivity index (χ3v) is 3.84. The van der Waals surface area contributed by atoms with Crippen LogP contribution in [0.15, 0.2) is 54.0 Å². The van der Waals surface area contributed by atoms with Gasteiger partial charge in [0.25, 0.3) is 0 Å². The van der Waals surface area contributed by atoms with Crippen LogP contribution in [0.5, 0.6) is 5.75 Å². The van der Waals surface area contributed by atoms with Crippen LogP contribution in [0, 0.1) is 5.82 Å². The highest BCUT2D eigenvalue weighted by atomic mass is 32.1. The number of carbonyl (C=O) groups is 1. The number of thiazole rings is 1. The Kier molecular flexibility index (Phi) is 5.12. The molecule has 0 radical (unpaired) electrons. The van der Waals surface area contributed by atoms with E-state index in [0.29, 0.717) is 16.5 Å². The van der Waals surface area contributed by atoms with Crippen molar-refractivity contribution in [1.82, 2.24) is 9.97 Å². The van der Waals surface area contributed by atoms with Crippen molar-refractivity contribution in [3.05, 3.63) is 76.3 Å². The SMILES string of the molecule is O=C(OCc1ccccn1)c1csc(COc2ccc(F)cc2)n1. The predicted octanol–water partition coefficient (Wildman–Crippen LogP) is 3.61. The van der Waals surface area contributed by atoms with E-state index in [1.165, 1.54) is 35.6 Å². The molecule has 0 fully saturated rings. The molecule has 3 aromatic rings. The minimum Gasteiger partial charge on any atom is -0.486 e. The Morgan fingerprint density at radius 2 is 1.96 bits per heavy atom. The van der Waals surface area contributed by atoms with Gasteiger partial charge in [0.15, 0.2) is 5.69 Å². The summed E-state index contributed by atoms with van der Waals surface area (Å²) in [4.78, 5) is 20.2. The number of halogens is 1. The minimum atomic E-state index is -0.509. The van der Waals surface area contributed by atoms with Gasteiger partial charge in [0, 0.05) is 11.6 Å². The smallest absolute Gasteiger partial charge is 0.358 e. The third-order valence-electron chi connectivity index (χ3n) is 3.01. The first-order chi connectivity index (χ1) is 11.7. The summed E-state index contributed by atoms with van der Waals surface area (Å²) in [5, 5.41) is 2.24. The normalized spacial score (nSPS) is 10.4. The Morgan fingerprint density at radius 3 is 2.71 bits per heavy atom. The van der Waals surface area contributed by atoms with Crippen molar-refractivity contribution >= 4 is 17.3 Å². The van der Waals surface area contributed by atoms with E-state index in [1.54, 1.807) is 23.7 Å². The number of hydrogen-bond donors (Lipinski definition) is 0. The fraction of sp³-hybridized carbons (Fsp3) is 0.118. The molecular weight excluding hydrogens is 331 g/mol. The number of hydrogen-bond acceptors (Lipinski definition) is 6. The van der Waals surface area contributed by atoms with E-state index in [9.17, 15) is 9.18 Å². The second-order valence-corrected chi connectivity index (χ2v) is 5.71. The maximum atomic E-state index is 12.8. The maximum Gasteiger partial charge on any atom is 0.358 e. The van der Waals surface area contributed by atoms with Crippen LogP contribution in [-0.2, 0) is 18.0 Å². The van der Waals surface area contributed by atoms with Gasteiger partial charge in [-0.3, -0.25) is 4.98 Å². The van der Waals surface area contributed by atoms with Gasteiger partial charge in [-0.1, -0.05) is 6.07 Å². The summed E-state index contributed by atoms with van der Waals surface area (Å²) < 4.78 is 23.5. The van der Waals surface area contributed by atoms with Gasteiger partial charge in [-0.15, -0.1) is 11.3 Å². The van der Waals surface area contributed by atoms with Gasteiger partial charge in [0.2, 0.25) is 0 Å². The molecule has 0 N–H and O–H groups in total. The maximum absolute atomic E-state index is 12.8. The zero-order valence-electron chi connectivity index (χ0n) is 12.5. The van der Waals surface area contributed by atoms with Crippen molar-refractivity contribution < 1.29 is 18.7 Å². The zero-order chi connectivity index (χ0) is 16.8. The lowest BCUT2D eigenvalue weighted by Gasteiger charge is -2.03. The van der Waals surface area contributed by atoms with Gasteiger partial charge in [-0.25, -0.2) is 14.2 Å². The average Bonchev–Trinajstić information content (AvgIpc) is 3.09. The highest BCUT2D eigenvalue weighted by Crippen LogP contribution is 2.16. The van der Waals surface area contributed by atoms with Gasteiger partial charge in [0.1, 0.15) is 29.8 Å². The molecular formula is C17H13FN2O3S. The van der Waals surface area contributed by atoms with E-state index in [4.69, 9.17) is 9.47 Å². The molecule has 0 unspecified atom stereocenters. The predicted molar refractivity (Wildman–Crippen MR) is 86.2 cm³/mol. The summed E-state index contributed by atoms with van der Waals surface area (Å²) >= 11 is 1.30. The summed E-state index contributed by atoms with van der Waals surface area (Å²) in [6, 6.07) is 11.1. The van der Waals surface area contributed by atoms with Gasteiger partial charge in [0.05, 0.1) is 5.69 Å². The molecule has 0 saturated carbocycles. The number of aromatic nitrogens is 2. The zero-order valence-corrected chi connectivity index (χ0v) is 13.3. The molecule has 2 heterocycles. The van der Waals surface area contributed by atoms with E-state index in [-0.39, 0.29) is 24.7 Å². The Hall–Kier alpha value is -2.80. The minimum absolute atomic E-state index is 0.0958. The van der Waals surface area contributed by atoms with Crippen LogP contribution in [0.25, 0.3) is 0 Å². The number of carbonyl (C=O) groups excluding carboxylic acids is 1. The summed E-state index contributed by atoms with van der Waals surface area (Å²) in [6.45, 7) is 0.294. The summed E-state index contributed by atoms with van der Waals surface area (Å²) in [6.07, 6.45) is 1.64. The monoisotopic (exact) mass is 344 g/mol. The topological polar surface area (TPSA) is 61.3 Å². The highest BCUT2D eigenvalue weighted by Gasteiger charge is 2.13. The highest BCUT2D eigenvalue weighted by molar-refractivity contribution is 7.09. The quantitative estimate of drug-likeness (QED) is 0.639. The molecule has 3 rings (SSSR count). The number of rotatable bonds is 6. The number of pyridine rings is 1. The second-order valence-electron chi connectivity index (χ2n) is 4.77. The van der Waals surface area contributed by atoms with Crippen molar-refractivity contribution in [2.75, 3.05) is 0 Å². The Balaban J connectivity index is 1.52. The molecule has 0 aliphatic heterocycles. The molecule has 24 heavy (non-hydrogen) atoms. The standard InChI is InChI=1S/C17H13FN2O3S/c18-12-4-6-14(7-5-12)22-10-16-20-15(11-24-16)17(21)23-9-13-3-1-2-8-19-13/h1-8,11H,9-10H2. The molecule has 0 spiro atoms. The number of ether oxygens (including phenoxy) is 2. The molecule has 1 aromatic carbocycles. The van der Waals surface area contributed by atoms with Gasteiger partial charge in [-0.2, -0.15) is 0 Å². The van der Waals surface area contributed by atoms with E-state index in [0.717, 1.165) is 0 Å². The summed E-state index contributed by atoms with van der Waals surface area (Å²) in [5.41, 5.74) is 0.898. The van der Waals surface area contributed by atoms with E-state index < -0.39 is 5.97 Å². The first-order valence-electron chi connectivity index (χ1n) is 7.10. The lowest BCUT2D eigenvalue weighted by molar-refractivity contribution is 0.0461. The van der Waals surface area contributed by atoms with Crippen molar-refractivity contribution in [3.63, 3.8) is 0 Å². The number of nitrogens with zero attached hydrogens (tertiary/aromatic N) is 2.